The van der Waals surface area contributed by atoms with Crippen LogP contribution in [0.3, 0.4) is 0 Å². The number of aryl methyl sites for hydroxylation is 2. The first-order chi connectivity index (χ1) is 23.7. The molecule has 2 aromatic carbocycles. The SMILES string of the molecule is CO[C@H]1/C=C/CCC[S@@](=O)(NC(=O)CCc2cnoc2)=NC(=O)c2ccc3c(c2)N(C[C@@H]2CC[C@H]21)C[C@@]1(CCCc2cc(Cl)ccc21)CO3. The Morgan fingerprint density at radius 2 is 2.10 bits per heavy atom. The summed E-state index contributed by atoms with van der Waals surface area (Å²) in [5.74, 6) is 0.407. The lowest BCUT2D eigenvalue weighted by Gasteiger charge is -2.46. The Bertz CT molecular complexity index is 1850. The molecule has 7 rings (SSSR count). The number of halogens is 1. The predicted octanol–water partition coefficient (Wildman–Crippen LogP) is 6.46. The van der Waals surface area contributed by atoms with E-state index in [-0.39, 0.29) is 23.7 Å². The molecule has 49 heavy (non-hydrogen) atoms. The minimum absolute atomic E-state index is 0.0396. The minimum atomic E-state index is -3.42. The van der Waals surface area contributed by atoms with Gasteiger partial charge in [0, 0.05) is 48.2 Å². The second-order valence-electron chi connectivity index (χ2n) is 13.9. The van der Waals surface area contributed by atoms with E-state index in [1.54, 1.807) is 13.2 Å². The summed E-state index contributed by atoms with van der Waals surface area (Å²) < 4.78 is 38.5. The quantitative estimate of drug-likeness (QED) is 0.300. The number of hydrogen-bond acceptors (Lipinski definition) is 8. The van der Waals surface area contributed by atoms with Crippen LogP contribution in [0.25, 0.3) is 0 Å². The van der Waals surface area contributed by atoms with Crippen molar-refractivity contribution in [2.75, 3.05) is 37.5 Å². The molecule has 1 saturated carbocycles. The highest BCUT2D eigenvalue weighted by molar-refractivity contribution is 7.92. The zero-order valence-electron chi connectivity index (χ0n) is 27.8. The van der Waals surface area contributed by atoms with Gasteiger partial charge in [0.05, 0.1) is 30.3 Å². The maximum Gasteiger partial charge on any atom is 0.286 e. The van der Waals surface area contributed by atoms with Crippen LogP contribution in [0.5, 0.6) is 5.75 Å². The molecule has 3 heterocycles. The van der Waals surface area contributed by atoms with Crippen LogP contribution in [0, 0.1) is 11.8 Å². The van der Waals surface area contributed by atoms with Gasteiger partial charge < -0.3 is 18.9 Å². The van der Waals surface area contributed by atoms with E-state index in [9.17, 15) is 13.8 Å². The van der Waals surface area contributed by atoms with Gasteiger partial charge in [-0.25, -0.2) is 4.21 Å². The molecular weight excluding hydrogens is 664 g/mol. The molecule has 1 N–H and O–H groups in total. The molecule has 1 aromatic heterocycles. The number of nitrogens with zero attached hydrogens (tertiary/aromatic N) is 3. The molecule has 1 fully saturated rings. The lowest BCUT2D eigenvalue weighted by Crippen LogP contribution is -2.49. The van der Waals surface area contributed by atoms with E-state index in [1.807, 2.05) is 18.2 Å². The number of aromatic nitrogens is 1. The van der Waals surface area contributed by atoms with Crippen LogP contribution < -0.4 is 14.4 Å². The molecule has 260 valence electrons. The summed E-state index contributed by atoms with van der Waals surface area (Å²) >= 11 is 6.44. The van der Waals surface area contributed by atoms with E-state index in [0.717, 1.165) is 61.5 Å². The number of amides is 2. The Morgan fingerprint density at radius 3 is 2.90 bits per heavy atom. The van der Waals surface area contributed by atoms with Crippen LogP contribution in [0.15, 0.2) is 69.9 Å². The zero-order chi connectivity index (χ0) is 34.0. The molecule has 10 nitrogen and oxygen atoms in total. The monoisotopic (exact) mass is 706 g/mol. The van der Waals surface area contributed by atoms with Crippen molar-refractivity contribution in [1.29, 1.82) is 0 Å². The molecule has 2 bridgehead atoms. The summed E-state index contributed by atoms with van der Waals surface area (Å²) in [6, 6.07) is 11.6. The minimum Gasteiger partial charge on any atom is -0.490 e. The lowest BCUT2D eigenvalue weighted by atomic mass is 9.68. The summed E-state index contributed by atoms with van der Waals surface area (Å²) in [6.45, 7) is 2.02. The molecule has 2 amide bonds. The van der Waals surface area contributed by atoms with Gasteiger partial charge in [0.1, 0.15) is 21.9 Å². The average Bonchev–Trinajstić information content (AvgIpc) is 3.55. The van der Waals surface area contributed by atoms with Crippen molar-refractivity contribution in [1.82, 2.24) is 9.88 Å². The third-order valence-electron chi connectivity index (χ3n) is 10.7. The topological polar surface area (TPSA) is 123 Å². The second-order valence-corrected chi connectivity index (χ2v) is 16.4. The smallest absolute Gasteiger partial charge is 0.286 e. The van der Waals surface area contributed by atoms with Crippen molar-refractivity contribution in [2.45, 2.75) is 69.3 Å². The fourth-order valence-electron chi connectivity index (χ4n) is 7.95. The third-order valence-corrected chi connectivity index (χ3v) is 12.7. The number of nitrogens with one attached hydrogen (secondary N) is 1. The molecule has 1 spiro atoms. The van der Waals surface area contributed by atoms with E-state index in [2.05, 4.69) is 43.4 Å². The lowest BCUT2D eigenvalue weighted by molar-refractivity contribution is -0.119. The van der Waals surface area contributed by atoms with Crippen LogP contribution >= 0.6 is 11.6 Å². The van der Waals surface area contributed by atoms with Gasteiger partial charge in [-0.3, -0.25) is 14.3 Å². The van der Waals surface area contributed by atoms with Crippen LogP contribution in [0.1, 0.15) is 72.0 Å². The summed E-state index contributed by atoms with van der Waals surface area (Å²) in [4.78, 5) is 29.2. The highest BCUT2D eigenvalue weighted by Crippen LogP contribution is 2.47. The summed E-state index contributed by atoms with van der Waals surface area (Å²) in [7, 11) is -1.66. The number of ether oxygens (including phenoxy) is 2. The summed E-state index contributed by atoms with van der Waals surface area (Å²) in [5, 5.41) is 4.41. The molecule has 0 saturated heterocycles. The highest BCUT2D eigenvalue weighted by atomic mass is 35.5. The van der Waals surface area contributed by atoms with Gasteiger partial charge in [-0.15, -0.1) is 4.36 Å². The third kappa shape index (κ3) is 7.30. The molecule has 12 heteroatoms. The van der Waals surface area contributed by atoms with Crippen LogP contribution in [0.2, 0.25) is 5.02 Å². The Labute approximate surface area is 292 Å². The Balaban J connectivity index is 1.25. The maximum atomic E-state index is 14.2. The van der Waals surface area contributed by atoms with E-state index in [0.29, 0.717) is 49.0 Å². The molecule has 2 aliphatic carbocycles. The van der Waals surface area contributed by atoms with Gasteiger partial charge >= 0.3 is 0 Å². The average molecular weight is 707 g/mol. The number of carbonyl (C=O) groups is 2. The van der Waals surface area contributed by atoms with Gasteiger partial charge in [0.15, 0.2) is 0 Å². The molecule has 4 aliphatic rings. The summed E-state index contributed by atoms with van der Waals surface area (Å²) in [6.07, 6.45) is 13.8. The number of fused-ring (bicyclic) bond motifs is 4. The summed E-state index contributed by atoms with van der Waals surface area (Å²) in [5.41, 5.74) is 4.17. The first kappa shape index (κ1) is 33.8. The molecule has 2 aliphatic heterocycles. The largest absolute Gasteiger partial charge is 0.490 e. The molecular formula is C37H43ClN4O6S. The van der Waals surface area contributed by atoms with Gasteiger partial charge in [0.25, 0.3) is 5.91 Å². The van der Waals surface area contributed by atoms with Crippen molar-refractivity contribution < 1.29 is 27.8 Å². The number of rotatable bonds is 5. The fourth-order valence-corrected chi connectivity index (χ4v) is 9.77. The van der Waals surface area contributed by atoms with Crippen molar-refractivity contribution in [3.63, 3.8) is 0 Å². The van der Waals surface area contributed by atoms with Crippen LogP contribution in [-0.4, -0.2) is 59.8 Å². The van der Waals surface area contributed by atoms with Crippen molar-refractivity contribution >= 4 is 39.0 Å². The maximum absolute atomic E-state index is 14.2. The molecule has 0 unspecified atom stereocenters. The van der Waals surface area contributed by atoms with Crippen LogP contribution in [0.4, 0.5) is 5.69 Å². The Hall–Kier alpha value is -3.67. The Morgan fingerprint density at radius 1 is 1.20 bits per heavy atom. The second kappa shape index (κ2) is 14.3. The van der Waals surface area contributed by atoms with Crippen molar-refractivity contribution in [3.05, 3.63) is 88.3 Å². The fraction of sp³-hybridized carbons (Fsp3) is 0.486. The number of carbonyl (C=O) groups excluding carboxylic acids is 2. The highest BCUT2D eigenvalue weighted by Gasteiger charge is 2.44. The number of anilines is 1. The van der Waals surface area contributed by atoms with Crippen LogP contribution in [-0.2, 0) is 37.7 Å². The standard InChI is InChI=1S/C37H43ClN4O6S/c1-46-33-7-3-2-4-17-49(45,40-35(43)15-8-25-20-39-48-22-25)41-36(44)27-10-14-34-32(19-27)42(21-28-9-12-30(28)33)23-37(24-47-34)16-5-6-26-18-29(38)11-13-31(26)37/h3,7,10-11,13-14,18-20,22,28,30,33H,2,4-6,8-9,12,15-17,21,23-24H2,1H3,(H,40,41,43,44,45)/b7-3+/t28-,30+,33-,37-,49+/m0/s1. The Kier molecular flexibility index (Phi) is 9.86. The van der Waals surface area contributed by atoms with Gasteiger partial charge in [-0.2, -0.15) is 0 Å². The number of allylic oxidation sites excluding steroid dienone is 1. The number of methoxy groups -OCH3 is 1. The van der Waals surface area contributed by atoms with E-state index in [1.165, 1.54) is 23.6 Å². The predicted molar refractivity (Wildman–Crippen MR) is 188 cm³/mol. The van der Waals surface area contributed by atoms with Crippen molar-refractivity contribution in [3.8, 4) is 5.75 Å². The normalized spacial score (nSPS) is 29.0. The van der Waals surface area contributed by atoms with Gasteiger partial charge in [-0.05, 0) is 105 Å². The zero-order valence-corrected chi connectivity index (χ0v) is 29.3. The molecule has 0 radical (unpaired) electrons. The van der Waals surface area contributed by atoms with Crippen molar-refractivity contribution in [2.24, 2.45) is 16.2 Å². The number of hydrogen-bond donors (Lipinski definition) is 1. The van der Waals surface area contributed by atoms with E-state index >= 15 is 0 Å². The first-order valence-corrected chi connectivity index (χ1v) is 19.3. The van der Waals surface area contributed by atoms with E-state index in [4.69, 9.17) is 25.6 Å². The molecule has 5 atom stereocenters. The van der Waals surface area contributed by atoms with Gasteiger partial charge in [0.2, 0.25) is 5.91 Å². The van der Waals surface area contributed by atoms with Gasteiger partial charge in [-0.1, -0.05) is 35.0 Å². The van der Waals surface area contributed by atoms with E-state index < -0.39 is 21.7 Å². The number of benzene rings is 2. The molecule has 3 aromatic rings. The first-order valence-electron chi connectivity index (χ1n) is 17.2.